The average molecular weight is 604 g/mol. The molecule has 43 heavy (non-hydrogen) atoms. The van der Waals surface area contributed by atoms with Crippen LogP contribution in [0.15, 0.2) is 12.1 Å². The summed E-state index contributed by atoms with van der Waals surface area (Å²) in [5.41, 5.74) is 0.774. The Balaban J connectivity index is 1.61. The normalized spacial score (nSPS) is 22.0. The van der Waals surface area contributed by atoms with Gasteiger partial charge in [0, 0.05) is 58.3 Å². The number of fused-ring (bicyclic) bond motifs is 1. The molecule has 4 rings (SSSR count). The second kappa shape index (κ2) is 15.0. The second-order valence-corrected chi connectivity index (χ2v) is 12.1. The van der Waals surface area contributed by atoms with Crippen LogP contribution in [0, 0.1) is 5.92 Å². The fraction of sp³-hybridized carbons (Fsp3) is 0.710. The Labute approximate surface area is 255 Å². The minimum absolute atomic E-state index is 0.0130. The van der Waals surface area contributed by atoms with Gasteiger partial charge < -0.3 is 38.9 Å². The third-order valence-corrected chi connectivity index (χ3v) is 8.86. The number of ether oxygens (including phenoxy) is 3. The first-order valence-corrected chi connectivity index (χ1v) is 15.5. The number of carboxylic acids is 1. The van der Waals surface area contributed by atoms with E-state index in [4.69, 9.17) is 14.2 Å². The first-order chi connectivity index (χ1) is 20.6. The van der Waals surface area contributed by atoms with E-state index in [1.165, 1.54) is 0 Å². The van der Waals surface area contributed by atoms with Gasteiger partial charge in [-0.2, -0.15) is 0 Å². The van der Waals surface area contributed by atoms with Crippen molar-refractivity contribution in [2.75, 3.05) is 87.4 Å². The van der Waals surface area contributed by atoms with Crippen LogP contribution in [-0.2, 0) is 9.59 Å². The van der Waals surface area contributed by atoms with Crippen LogP contribution in [0.1, 0.15) is 50.5 Å². The highest BCUT2D eigenvalue weighted by Gasteiger charge is 2.48. The number of carbonyl (C=O) groups excluding carboxylic acids is 2. The molecule has 0 saturated carbocycles. The van der Waals surface area contributed by atoms with Gasteiger partial charge in [-0.15, -0.1) is 0 Å². The van der Waals surface area contributed by atoms with E-state index in [9.17, 15) is 19.5 Å². The highest BCUT2D eigenvalue weighted by atomic mass is 16.7. The zero-order valence-electron chi connectivity index (χ0n) is 26.4. The number of benzene rings is 1. The molecule has 0 aliphatic carbocycles. The van der Waals surface area contributed by atoms with E-state index >= 15 is 0 Å². The van der Waals surface area contributed by atoms with Crippen molar-refractivity contribution in [2.45, 2.75) is 51.0 Å². The molecule has 12 heteroatoms. The smallest absolute Gasteiger partial charge is 0.319 e. The topological polar surface area (TPSA) is 115 Å². The summed E-state index contributed by atoms with van der Waals surface area (Å²) in [7, 11) is 7.38. The van der Waals surface area contributed by atoms with Gasteiger partial charge in [0.2, 0.25) is 18.4 Å². The second-order valence-electron chi connectivity index (χ2n) is 12.1. The third kappa shape index (κ3) is 7.83. The molecule has 3 atom stereocenters. The number of rotatable bonds is 15. The number of unbranched alkanes of at least 4 members (excludes halogenated alkanes) is 1. The number of hydrogen-bond donors (Lipinski definition) is 1. The SMILES string of the molecule is CCCCN(CCCN(C)C)C(=O)CN1C[C@H](c2cc(OC)c3c(c2)OCO3)C(C(=O)O)[C@@H]1CCN1CCCN(C)C1=O. The molecule has 2 saturated heterocycles. The van der Waals surface area contributed by atoms with E-state index in [2.05, 4.69) is 11.8 Å². The molecule has 1 aromatic carbocycles. The fourth-order valence-corrected chi connectivity index (χ4v) is 6.54. The highest BCUT2D eigenvalue weighted by Crippen LogP contribution is 2.47. The van der Waals surface area contributed by atoms with Gasteiger partial charge in [-0.05, 0) is 64.0 Å². The lowest BCUT2D eigenvalue weighted by atomic mass is 9.84. The van der Waals surface area contributed by atoms with Crippen LogP contribution in [0.25, 0.3) is 0 Å². The molecule has 3 aliphatic heterocycles. The molecule has 3 amide bonds. The number of aliphatic carboxylic acids is 1. The summed E-state index contributed by atoms with van der Waals surface area (Å²) in [6, 6.07) is 3.19. The first kappa shape index (κ1) is 32.7. The predicted molar refractivity (Wildman–Crippen MR) is 162 cm³/mol. The van der Waals surface area contributed by atoms with Gasteiger partial charge in [-0.25, -0.2) is 4.79 Å². The minimum atomic E-state index is -0.919. The molecule has 12 nitrogen and oxygen atoms in total. The van der Waals surface area contributed by atoms with Crippen LogP contribution in [0.5, 0.6) is 17.2 Å². The molecule has 0 spiro atoms. The quantitative estimate of drug-likeness (QED) is 0.323. The summed E-state index contributed by atoms with van der Waals surface area (Å²) in [5.74, 6) is -0.565. The Bertz CT molecular complexity index is 1130. The van der Waals surface area contributed by atoms with Crippen molar-refractivity contribution in [1.82, 2.24) is 24.5 Å². The van der Waals surface area contributed by atoms with E-state index < -0.39 is 23.8 Å². The summed E-state index contributed by atoms with van der Waals surface area (Å²) in [6.45, 7) is 6.73. The minimum Gasteiger partial charge on any atom is -0.493 e. The molecule has 0 radical (unpaired) electrons. The number of carboxylic acid groups (broad SMARTS) is 1. The summed E-state index contributed by atoms with van der Waals surface area (Å²) in [6.07, 6.45) is 4.10. The fourth-order valence-electron chi connectivity index (χ4n) is 6.54. The Kier molecular flexibility index (Phi) is 11.4. The summed E-state index contributed by atoms with van der Waals surface area (Å²) < 4.78 is 16.8. The Morgan fingerprint density at radius 2 is 1.88 bits per heavy atom. The van der Waals surface area contributed by atoms with Crippen molar-refractivity contribution in [3.8, 4) is 17.2 Å². The van der Waals surface area contributed by atoms with E-state index in [1.54, 1.807) is 24.0 Å². The monoisotopic (exact) mass is 603 g/mol. The molecule has 3 aliphatic rings. The molecule has 3 heterocycles. The van der Waals surface area contributed by atoms with Gasteiger partial charge in [-0.3, -0.25) is 14.5 Å². The number of methoxy groups -OCH3 is 1. The predicted octanol–water partition coefficient (Wildman–Crippen LogP) is 2.62. The van der Waals surface area contributed by atoms with Crippen molar-refractivity contribution in [3.05, 3.63) is 17.7 Å². The van der Waals surface area contributed by atoms with E-state index in [0.29, 0.717) is 62.9 Å². The Morgan fingerprint density at radius 3 is 2.58 bits per heavy atom. The molecule has 1 N–H and O–H groups in total. The lowest BCUT2D eigenvalue weighted by molar-refractivity contribution is -0.144. The van der Waals surface area contributed by atoms with E-state index in [0.717, 1.165) is 37.8 Å². The number of nitrogens with zero attached hydrogens (tertiary/aromatic N) is 5. The third-order valence-electron chi connectivity index (χ3n) is 8.86. The number of amides is 3. The van der Waals surface area contributed by atoms with Crippen LogP contribution >= 0.6 is 0 Å². The van der Waals surface area contributed by atoms with Gasteiger partial charge in [0.15, 0.2) is 11.5 Å². The maximum atomic E-state index is 13.8. The molecular formula is C31H49N5O7. The van der Waals surface area contributed by atoms with Crippen LogP contribution in [0.2, 0.25) is 0 Å². The van der Waals surface area contributed by atoms with Gasteiger partial charge in [0.25, 0.3) is 0 Å². The molecule has 240 valence electrons. The van der Waals surface area contributed by atoms with Gasteiger partial charge >= 0.3 is 12.0 Å². The molecule has 1 unspecified atom stereocenters. The molecule has 0 bridgehead atoms. The van der Waals surface area contributed by atoms with Crippen molar-refractivity contribution in [3.63, 3.8) is 0 Å². The molecular weight excluding hydrogens is 554 g/mol. The van der Waals surface area contributed by atoms with Crippen molar-refractivity contribution in [1.29, 1.82) is 0 Å². The number of hydrogen-bond acceptors (Lipinski definition) is 8. The largest absolute Gasteiger partial charge is 0.493 e. The van der Waals surface area contributed by atoms with Crippen molar-refractivity contribution >= 4 is 17.9 Å². The van der Waals surface area contributed by atoms with Gasteiger partial charge in [-0.1, -0.05) is 13.3 Å². The Morgan fingerprint density at radius 1 is 1.12 bits per heavy atom. The lowest BCUT2D eigenvalue weighted by Gasteiger charge is -2.35. The molecule has 2 fully saturated rings. The number of likely N-dealkylation sites (tertiary alicyclic amines) is 1. The Hall–Kier alpha value is -3.25. The van der Waals surface area contributed by atoms with Crippen LogP contribution < -0.4 is 14.2 Å². The summed E-state index contributed by atoms with van der Waals surface area (Å²) in [4.78, 5) is 49.2. The lowest BCUT2D eigenvalue weighted by Crippen LogP contribution is -2.50. The molecule has 0 aromatic heterocycles. The van der Waals surface area contributed by atoms with Crippen LogP contribution in [0.3, 0.4) is 0 Å². The maximum absolute atomic E-state index is 13.8. The van der Waals surface area contributed by atoms with Crippen molar-refractivity contribution in [2.24, 2.45) is 5.92 Å². The van der Waals surface area contributed by atoms with E-state index in [1.807, 2.05) is 36.0 Å². The molecule has 1 aromatic rings. The first-order valence-electron chi connectivity index (χ1n) is 15.5. The summed E-state index contributed by atoms with van der Waals surface area (Å²) >= 11 is 0. The zero-order valence-corrected chi connectivity index (χ0v) is 26.4. The van der Waals surface area contributed by atoms with Crippen LogP contribution in [0.4, 0.5) is 4.79 Å². The zero-order chi connectivity index (χ0) is 31.1. The standard InChI is InChI=1S/C31H49N5O7/c1-6-7-13-34(14-8-11-32(2)3)27(37)20-36-19-23(22-17-25(41-5)29-26(18-22)42-21-43-29)28(30(38)39)24(36)10-16-35-15-9-12-33(4)31(35)40/h17-18,23-24,28H,6-16,19-21H2,1-5H3,(H,38,39)/t23-,24+,28?/m1/s1. The summed E-state index contributed by atoms with van der Waals surface area (Å²) in [5, 5.41) is 10.6. The van der Waals surface area contributed by atoms with Gasteiger partial charge in [0.1, 0.15) is 0 Å². The highest BCUT2D eigenvalue weighted by molar-refractivity contribution is 5.79. The number of carbonyl (C=O) groups is 3. The maximum Gasteiger partial charge on any atom is 0.319 e. The van der Waals surface area contributed by atoms with Crippen LogP contribution in [-0.4, -0.2) is 141 Å². The van der Waals surface area contributed by atoms with E-state index in [-0.39, 0.29) is 25.3 Å². The number of urea groups is 1. The van der Waals surface area contributed by atoms with Gasteiger partial charge in [0.05, 0.1) is 19.6 Å². The van der Waals surface area contributed by atoms with Crippen molar-refractivity contribution < 1.29 is 33.7 Å². The average Bonchev–Trinajstić information content (AvgIpc) is 3.59.